The van der Waals surface area contributed by atoms with Gasteiger partial charge in [-0.05, 0) is 19.2 Å². The molecule has 0 bridgehead atoms. The number of rotatable bonds is 6. The van der Waals surface area contributed by atoms with Crippen LogP contribution in [-0.4, -0.2) is 57.4 Å². The Hall–Kier alpha value is -1.17. The molecule has 1 N–H and O–H groups in total. The van der Waals surface area contributed by atoms with Crippen molar-refractivity contribution in [3.05, 3.63) is 30.1 Å². The van der Waals surface area contributed by atoms with E-state index in [1.807, 2.05) is 7.05 Å². The lowest BCUT2D eigenvalue weighted by Gasteiger charge is -2.27. The molecular weight excluding hydrogens is 247 g/mol. The molecular formula is C14H21FN2O2. The summed E-state index contributed by atoms with van der Waals surface area (Å²) in [5.74, 6) is -0.00329. The molecule has 2 rings (SSSR count). The van der Waals surface area contributed by atoms with Gasteiger partial charge in [0.25, 0.3) is 0 Å². The molecule has 1 unspecified atom stereocenters. The Morgan fingerprint density at radius 1 is 1.47 bits per heavy atom. The third kappa shape index (κ3) is 4.78. The average Bonchev–Trinajstić information content (AvgIpc) is 2.42. The molecule has 19 heavy (non-hydrogen) atoms. The summed E-state index contributed by atoms with van der Waals surface area (Å²) < 4.78 is 24.4. The van der Waals surface area contributed by atoms with Crippen molar-refractivity contribution in [2.24, 2.45) is 0 Å². The second-order valence-corrected chi connectivity index (χ2v) is 4.74. The predicted octanol–water partition coefficient (Wildman–Crippen LogP) is 1.12. The molecule has 1 aromatic rings. The topological polar surface area (TPSA) is 33.7 Å². The summed E-state index contributed by atoms with van der Waals surface area (Å²) in [5.41, 5.74) is 0. The van der Waals surface area contributed by atoms with E-state index in [1.54, 1.807) is 18.2 Å². The number of para-hydroxylation sites is 1. The van der Waals surface area contributed by atoms with Gasteiger partial charge in [-0.25, -0.2) is 4.39 Å². The van der Waals surface area contributed by atoms with Gasteiger partial charge in [0, 0.05) is 26.2 Å². The lowest BCUT2D eigenvalue weighted by Crippen LogP contribution is -2.45. The Kier molecular flexibility index (Phi) is 5.57. The Morgan fingerprint density at radius 3 is 3.05 bits per heavy atom. The summed E-state index contributed by atoms with van der Waals surface area (Å²) in [5, 5.41) is 3.30. The first-order chi connectivity index (χ1) is 9.25. The molecule has 0 spiro atoms. The first-order valence-corrected chi connectivity index (χ1v) is 6.64. The van der Waals surface area contributed by atoms with Crippen LogP contribution < -0.4 is 10.1 Å². The monoisotopic (exact) mass is 268 g/mol. The van der Waals surface area contributed by atoms with Crippen LogP contribution in [0, 0.1) is 5.82 Å². The summed E-state index contributed by atoms with van der Waals surface area (Å²) in [6.07, 6.45) is 0.229. The fourth-order valence-corrected chi connectivity index (χ4v) is 2.05. The van der Waals surface area contributed by atoms with Gasteiger partial charge in [-0.2, -0.15) is 0 Å². The average molecular weight is 268 g/mol. The summed E-state index contributed by atoms with van der Waals surface area (Å²) in [6, 6.07) is 6.47. The van der Waals surface area contributed by atoms with E-state index >= 15 is 0 Å². The van der Waals surface area contributed by atoms with Crippen molar-refractivity contribution in [1.29, 1.82) is 0 Å². The van der Waals surface area contributed by atoms with Gasteiger partial charge in [-0.15, -0.1) is 0 Å². The zero-order chi connectivity index (χ0) is 13.5. The number of hydrogen-bond donors (Lipinski definition) is 1. The summed E-state index contributed by atoms with van der Waals surface area (Å²) in [6.45, 7) is 4.65. The lowest BCUT2D eigenvalue weighted by atomic mass is 10.3. The van der Waals surface area contributed by atoms with Crippen LogP contribution in [0.2, 0.25) is 0 Å². The number of ether oxygens (including phenoxy) is 2. The number of benzene rings is 1. The highest BCUT2D eigenvalue weighted by molar-refractivity contribution is 5.23. The van der Waals surface area contributed by atoms with Crippen molar-refractivity contribution in [2.75, 3.05) is 46.4 Å². The maximum absolute atomic E-state index is 13.3. The molecule has 1 aromatic carbocycles. The van der Waals surface area contributed by atoms with Crippen molar-refractivity contribution in [3.8, 4) is 5.75 Å². The Bertz CT molecular complexity index is 383. The zero-order valence-electron chi connectivity index (χ0n) is 11.3. The minimum atomic E-state index is -0.315. The van der Waals surface area contributed by atoms with Gasteiger partial charge in [0.15, 0.2) is 11.6 Å². The van der Waals surface area contributed by atoms with Crippen LogP contribution in [0.15, 0.2) is 24.3 Å². The van der Waals surface area contributed by atoms with E-state index in [-0.39, 0.29) is 11.9 Å². The van der Waals surface area contributed by atoms with E-state index in [0.717, 1.165) is 32.8 Å². The van der Waals surface area contributed by atoms with Crippen LogP contribution in [0.5, 0.6) is 5.75 Å². The Labute approximate surface area is 113 Å². The highest BCUT2D eigenvalue weighted by Crippen LogP contribution is 2.15. The number of nitrogens with zero attached hydrogens (tertiary/aromatic N) is 1. The number of likely N-dealkylation sites (N-methyl/N-ethyl adjacent to an activating group) is 1. The minimum absolute atomic E-state index is 0.229. The van der Waals surface area contributed by atoms with Crippen LogP contribution in [-0.2, 0) is 4.74 Å². The molecule has 4 nitrogen and oxygen atoms in total. The maximum Gasteiger partial charge on any atom is 0.165 e. The van der Waals surface area contributed by atoms with E-state index < -0.39 is 0 Å². The second-order valence-electron chi connectivity index (χ2n) is 4.74. The summed E-state index contributed by atoms with van der Waals surface area (Å²) in [4.78, 5) is 2.14. The van der Waals surface area contributed by atoms with Gasteiger partial charge in [0.05, 0.1) is 12.7 Å². The van der Waals surface area contributed by atoms with Crippen LogP contribution in [0.1, 0.15) is 0 Å². The lowest BCUT2D eigenvalue weighted by molar-refractivity contribution is 0.00842. The number of halogens is 1. The summed E-state index contributed by atoms with van der Waals surface area (Å²) >= 11 is 0. The van der Waals surface area contributed by atoms with Crippen LogP contribution >= 0.6 is 0 Å². The SMILES string of the molecule is CN(CCOc1ccccc1F)CC1CNCCO1. The van der Waals surface area contributed by atoms with Crippen LogP contribution in [0.3, 0.4) is 0 Å². The second kappa shape index (κ2) is 7.43. The largest absolute Gasteiger partial charge is 0.489 e. The van der Waals surface area contributed by atoms with Gasteiger partial charge < -0.3 is 19.7 Å². The molecule has 0 aromatic heterocycles. The molecule has 1 aliphatic heterocycles. The molecule has 106 valence electrons. The third-order valence-electron chi connectivity index (χ3n) is 3.09. The van der Waals surface area contributed by atoms with Crippen molar-refractivity contribution in [1.82, 2.24) is 10.2 Å². The predicted molar refractivity (Wildman–Crippen MR) is 72.0 cm³/mol. The van der Waals surface area contributed by atoms with Gasteiger partial charge in [0.1, 0.15) is 6.61 Å². The number of morpholine rings is 1. The van der Waals surface area contributed by atoms with Crippen molar-refractivity contribution < 1.29 is 13.9 Å². The fourth-order valence-electron chi connectivity index (χ4n) is 2.05. The molecule has 0 aliphatic carbocycles. The van der Waals surface area contributed by atoms with Crippen LogP contribution in [0.25, 0.3) is 0 Å². The van der Waals surface area contributed by atoms with Crippen molar-refractivity contribution in [3.63, 3.8) is 0 Å². The standard InChI is InChI=1S/C14H21FN2O2/c1-17(11-12-10-16-6-8-18-12)7-9-19-14-5-3-2-4-13(14)15/h2-5,12,16H,6-11H2,1H3. The minimum Gasteiger partial charge on any atom is -0.489 e. The highest BCUT2D eigenvalue weighted by atomic mass is 19.1. The first-order valence-electron chi connectivity index (χ1n) is 6.64. The van der Waals surface area contributed by atoms with E-state index in [4.69, 9.17) is 9.47 Å². The van der Waals surface area contributed by atoms with Gasteiger partial charge in [-0.1, -0.05) is 12.1 Å². The zero-order valence-corrected chi connectivity index (χ0v) is 11.3. The maximum atomic E-state index is 13.3. The van der Waals surface area contributed by atoms with Crippen LogP contribution in [0.4, 0.5) is 4.39 Å². The van der Waals surface area contributed by atoms with Gasteiger partial charge in [0.2, 0.25) is 0 Å². The molecule has 0 radical (unpaired) electrons. The highest BCUT2D eigenvalue weighted by Gasteiger charge is 2.15. The van der Waals surface area contributed by atoms with Gasteiger partial charge >= 0.3 is 0 Å². The first kappa shape index (κ1) is 14.2. The molecule has 1 fully saturated rings. The molecule has 5 heteroatoms. The third-order valence-corrected chi connectivity index (χ3v) is 3.09. The summed E-state index contributed by atoms with van der Waals surface area (Å²) in [7, 11) is 2.02. The Balaban J connectivity index is 1.66. The van der Waals surface area contributed by atoms with E-state index in [1.165, 1.54) is 6.07 Å². The molecule has 1 atom stereocenters. The molecule has 1 saturated heterocycles. The Morgan fingerprint density at radius 2 is 2.32 bits per heavy atom. The molecule has 0 saturated carbocycles. The smallest absolute Gasteiger partial charge is 0.165 e. The van der Waals surface area contributed by atoms with E-state index in [9.17, 15) is 4.39 Å². The number of nitrogens with one attached hydrogen (secondary N) is 1. The number of hydrogen-bond acceptors (Lipinski definition) is 4. The van der Waals surface area contributed by atoms with E-state index in [2.05, 4.69) is 10.2 Å². The van der Waals surface area contributed by atoms with E-state index in [0.29, 0.717) is 12.4 Å². The quantitative estimate of drug-likeness (QED) is 0.838. The fraction of sp³-hybridized carbons (Fsp3) is 0.571. The molecule has 0 amide bonds. The normalized spacial score (nSPS) is 19.6. The van der Waals surface area contributed by atoms with Gasteiger partial charge in [-0.3, -0.25) is 0 Å². The van der Waals surface area contributed by atoms with Crippen molar-refractivity contribution >= 4 is 0 Å². The molecule has 1 heterocycles. The molecule has 1 aliphatic rings. The van der Waals surface area contributed by atoms with Crippen molar-refractivity contribution in [2.45, 2.75) is 6.10 Å².